The van der Waals surface area contributed by atoms with Crippen LogP contribution in [0, 0.1) is 0 Å². The summed E-state index contributed by atoms with van der Waals surface area (Å²) in [7, 11) is 0. The number of carbonyl (C=O) groups excluding carboxylic acids is 1. The van der Waals surface area contributed by atoms with Gasteiger partial charge in [0.2, 0.25) is 0 Å². The highest BCUT2D eigenvalue weighted by Crippen LogP contribution is 2.34. The Balaban J connectivity index is 1.47. The van der Waals surface area contributed by atoms with Crippen molar-refractivity contribution in [3.8, 4) is 0 Å². The van der Waals surface area contributed by atoms with E-state index in [1.807, 2.05) is 4.90 Å². The highest BCUT2D eigenvalue weighted by Gasteiger charge is 2.36. The van der Waals surface area contributed by atoms with Crippen molar-refractivity contribution in [2.45, 2.75) is 37.6 Å². The number of hydrogen-bond acceptors (Lipinski definition) is 4. The third-order valence-corrected chi connectivity index (χ3v) is 5.48. The summed E-state index contributed by atoms with van der Waals surface area (Å²) in [5.74, 6) is 0.767. The molecule has 1 aromatic heterocycles. The van der Waals surface area contributed by atoms with Gasteiger partial charge in [0.1, 0.15) is 17.7 Å². The molecule has 1 amide bonds. The van der Waals surface area contributed by atoms with Crippen LogP contribution in [0.1, 0.15) is 53.2 Å². The molecule has 0 radical (unpaired) electrons. The molecule has 8 heteroatoms. The van der Waals surface area contributed by atoms with Gasteiger partial charge in [0.05, 0.1) is 0 Å². The zero-order chi connectivity index (χ0) is 18.3. The van der Waals surface area contributed by atoms with Gasteiger partial charge >= 0.3 is 5.97 Å². The number of aromatic nitrogens is 3. The number of carbonyl (C=O) groups is 2. The Kier molecular flexibility index (Phi) is 4.40. The van der Waals surface area contributed by atoms with Gasteiger partial charge < -0.3 is 14.6 Å². The molecule has 1 fully saturated rings. The van der Waals surface area contributed by atoms with Gasteiger partial charge in [0.15, 0.2) is 0 Å². The Hall–Kier alpha value is -2.41. The lowest BCUT2D eigenvalue weighted by atomic mass is 9.95. The molecule has 136 valence electrons. The van der Waals surface area contributed by atoms with Gasteiger partial charge in [-0.25, -0.2) is 4.79 Å². The van der Waals surface area contributed by atoms with E-state index in [0.717, 1.165) is 24.5 Å². The van der Waals surface area contributed by atoms with E-state index in [2.05, 4.69) is 10.2 Å². The molecular weight excluding hydrogens is 356 g/mol. The van der Waals surface area contributed by atoms with Gasteiger partial charge in [0.25, 0.3) is 5.91 Å². The maximum Gasteiger partial charge on any atom is 0.326 e. The van der Waals surface area contributed by atoms with E-state index < -0.39 is 12.0 Å². The average molecular weight is 375 g/mol. The fourth-order valence-electron chi connectivity index (χ4n) is 3.90. The Bertz CT molecular complexity index is 858. The van der Waals surface area contributed by atoms with Crippen molar-refractivity contribution in [3.63, 3.8) is 0 Å². The smallest absolute Gasteiger partial charge is 0.326 e. The van der Waals surface area contributed by atoms with Crippen molar-refractivity contribution >= 4 is 23.5 Å². The summed E-state index contributed by atoms with van der Waals surface area (Å²) < 4.78 is 1.79. The number of fused-ring (bicyclic) bond motifs is 1. The van der Waals surface area contributed by atoms with E-state index in [1.165, 1.54) is 0 Å². The van der Waals surface area contributed by atoms with Crippen LogP contribution >= 0.6 is 11.6 Å². The molecule has 26 heavy (non-hydrogen) atoms. The SMILES string of the molecule is O=C(O)C1CCc2nnc(C3CCN(C(=O)c4cccc(Cl)c4)CC3)n21. The van der Waals surface area contributed by atoms with Gasteiger partial charge in [-0.2, -0.15) is 0 Å². The van der Waals surface area contributed by atoms with E-state index in [-0.39, 0.29) is 11.8 Å². The predicted octanol–water partition coefficient (Wildman–Crippen LogP) is 2.52. The van der Waals surface area contributed by atoms with E-state index in [9.17, 15) is 14.7 Å². The Morgan fingerprint density at radius 3 is 2.62 bits per heavy atom. The van der Waals surface area contributed by atoms with Crippen LogP contribution in [0.25, 0.3) is 0 Å². The van der Waals surface area contributed by atoms with Gasteiger partial charge in [-0.05, 0) is 37.5 Å². The first-order chi connectivity index (χ1) is 12.5. The highest BCUT2D eigenvalue weighted by molar-refractivity contribution is 6.30. The minimum atomic E-state index is -0.835. The first-order valence-electron chi connectivity index (χ1n) is 8.76. The van der Waals surface area contributed by atoms with Gasteiger partial charge in [-0.15, -0.1) is 10.2 Å². The molecule has 4 rings (SSSR count). The third-order valence-electron chi connectivity index (χ3n) is 5.25. The fraction of sp³-hybridized carbons (Fsp3) is 0.444. The second-order valence-electron chi connectivity index (χ2n) is 6.81. The summed E-state index contributed by atoms with van der Waals surface area (Å²) in [6.45, 7) is 1.21. The summed E-state index contributed by atoms with van der Waals surface area (Å²) >= 11 is 5.98. The predicted molar refractivity (Wildman–Crippen MR) is 94.3 cm³/mol. The number of benzene rings is 1. The zero-order valence-electron chi connectivity index (χ0n) is 14.1. The van der Waals surface area contributed by atoms with Crippen LogP contribution in [-0.2, 0) is 11.2 Å². The first-order valence-corrected chi connectivity index (χ1v) is 9.13. The lowest BCUT2D eigenvalue weighted by Gasteiger charge is -2.32. The number of nitrogens with zero attached hydrogens (tertiary/aromatic N) is 4. The molecule has 2 aromatic rings. The van der Waals surface area contributed by atoms with Gasteiger partial charge in [-0.3, -0.25) is 4.79 Å². The maximum absolute atomic E-state index is 12.6. The lowest BCUT2D eigenvalue weighted by Crippen LogP contribution is -2.38. The molecule has 1 N–H and O–H groups in total. The number of rotatable bonds is 3. The number of carboxylic acids is 1. The Morgan fingerprint density at radius 2 is 1.92 bits per heavy atom. The normalized spacial score (nSPS) is 20.2. The molecule has 3 heterocycles. The standard InChI is InChI=1S/C18H19ClN4O3/c19-13-3-1-2-12(10-13)17(24)22-8-6-11(7-9-22)16-21-20-15-5-4-14(18(25)26)23(15)16/h1-3,10-11,14H,4-9H2,(H,25,26). The highest BCUT2D eigenvalue weighted by atomic mass is 35.5. The molecule has 0 bridgehead atoms. The maximum atomic E-state index is 12.6. The van der Waals surface area contributed by atoms with Crippen LogP contribution in [0.5, 0.6) is 0 Å². The second-order valence-corrected chi connectivity index (χ2v) is 7.25. The van der Waals surface area contributed by atoms with Gasteiger partial charge in [-0.1, -0.05) is 17.7 Å². The molecule has 1 atom stereocenters. The van der Waals surface area contributed by atoms with Crippen molar-refractivity contribution in [2.24, 2.45) is 0 Å². The van der Waals surface area contributed by atoms with Crippen molar-refractivity contribution < 1.29 is 14.7 Å². The molecule has 0 saturated carbocycles. The second kappa shape index (κ2) is 6.72. The molecule has 0 aliphatic carbocycles. The summed E-state index contributed by atoms with van der Waals surface area (Å²) in [6, 6.07) is 6.40. The quantitative estimate of drug-likeness (QED) is 0.891. The van der Waals surface area contributed by atoms with E-state index in [4.69, 9.17) is 11.6 Å². The summed E-state index contributed by atoms with van der Waals surface area (Å²) in [5, 5.41) is 18.4. The number of aliphatic carboxylic acids is 1. The number of halogens is 1. The van der Waals surface area contributed by atoms with Crippen LogP contribution < -0.4 is 0 Å². The molecule has 0 spiro atoms. The van der Waals surface area contributed by atoms with Crippen molar-refractivity contribution in [3.05, 3.63) is 46.5 Å². The number of aryl methyl sites for hydroxylation is 1. The molecule has 7 nitrogen and oxygen atoms in total. The number of piperidine rings is 1. The average Bonchev–Trinajstić information content (AvgIpc) is 3.23. The summed E-state index contributed by atoms with van der Waals surface area (Å²) in [6.07, 6.45) is 2.71. The van der Waals surface area contributed by atoms with Crippen LogP contribution in [0.2, 0.25) is 5.02 Å². The van der Waals surface area contributed by atoms with Crippen molar-refractivity contribution in [1.82, 2.24) is 19.7 Å². The number of amides is 1. The number of carboxylic acid groups (broad SMARTS) is 1. The number of likely N-dealkylation sites (tertiary alicyclic amines) is 1. The van der Waals surface area contributed by atoms with Gasteiger partial charge in [0, 0.05) is 36.0 Å². The first kappa shape index (κ1) is 17.0. The van der Waals surface area contributed by atoms with Crippen LogP contribution in [0.4, 0.5) is 0 Å². The molecule has 2 aliphatic heterocycles. The van der Waals surface area contributed by atoms with E-state index in [1.54, 1.807) is 28.8 Å². The summed E-state index contributed by atoms with van der Waals surface area (Å²) in [4.78, 5) is 25.9. The van der Waals surface area contributed by atoms with Crippen molar-refractivity contribution in [1.29, 1.82) is 0 Å². The van der Waals surface area contributed by atoms with Crippen LogP contribution in [0.3, 0.4) is 0 Å². The van der Waals surface area contributed by atoms with E-state index >= 15 is 0 Å². The minimum Gasteiger partial charge on any atom is -0.480 e. The monoisotopic (exact) mass is 374 g/mol. The zero-order valence-corrected chi connectivity index (χ0v) is 14.9. The molecule has 2 aliphatic rings. The number of hydrogen-bond donors (Lipinski definition) is 1. The van der Waals surface area contributed by atoms with Crippen LogP contribution in [-0.4, -0.2) is 49.7 Å². The minimum absolute atomic E-state index is 0.0270. The summed E-state index contributed by atoms with van der Waals surface area (Å²) in [5.41, 5.74) is 0.588. The molecular formula is C18H19ClN4O3. The Morgan fingerprint density at radius 1 is 1.15 bits per heavy atom. The largest absolute Gasteiger partial charge is 0.480 e. The van der Waals surface area contributed by atoms with Crippen molar-refractivity contribution in [2.75, 3.05) is 13.1 Å². The fourth-order valence-corrected chi connectivity index (χ4v) is 4.09. The third kappa shape index (κ3) is 2.96. The topological polar surface area (TPSA) is 88.3 Å². The van der Waals surface area contributed by atoms with Crippen LogP contribution in [0.15, 0.2) is 24.3 Å². The molecule has 1 saturated heterocycles. The van der Waals surface area contributed by atoms with E-state index in [0.29, 0.717) is 36.5 Å². The molecule has 1 aromatic carbocycles. The lowest BCUT2D eigenvalue weighted by molar-refractivity contribution is -0.140. The molecule has 1 unspecified atom stereocenters. The Labute approximate surface area is 155 Å².